The van der Waals surface area contributed by atoms with Crippen LogP contribution in [0, 0.1) is 13.8 Å². The average molecular weight is 534 g/mol. The lowest BCUT2D eigenvalue weighted by atomic mass is 10.0. The van der Waals surface area contributed by atoms with Crippen molar-refractivity contribution in [2.75, 3.05) is 37.7 Å². The van der Waals surface area contributed by atoms with E-state index in [1.165, 1.54) is 5.56 Å². The van der Waals surface area contributed by atoms with Crippen molar-refractivity contribution in [2.24, 2.45) is 0 Å². The monoisotopic (exact) mass is 533 g/mol. The molecule has 2 aromatic carbocycles. The zero-order chi connectivity index (χ0) is 26.2. The third-order valence-electron chi connectivity index (χ3n) is 7.72. The highest BCUT2D eigenvalue weighted by atomic mass is 35.5. The summed E-state index contributed by atoms with van der Waals surface area (Å²) >= 11 is 6.32. The number of nitrogens with zero attached hydrogens (tertiary/aromatic N) is 6. The highest BCUT2D eigenvalue weighted by molar-refractivity contribution is 6.30. The van der Waals surface area contributed by atoms with E-state index in [4.69, 9.17) is 16.3 Å². The number of hydrogen-bond acceptors (Lipinski definition) is 7. The molecule has 198 valence electrons. The van der Waals surface area contributed by atoms with Gasteiger partial charge < -0.3 is 14.6 Å². The third kappa shape index (κ3) is 4.93. The molecule has 9 nitrogen and oxygen atoms in total. The summed E-state index contributed by atoms with van der Waals surface area (Å²) in [5.74, 6) is 0.672. The molecule has 38 heavy (non-hydrogen) atoms. The van der Waals surface area contributed by atoms with Crippen LogP contribution in [-0.4, -0.2) is 69.0 Å². The summed E-state index contributed by atoms with van der Waals surface area (Å²) < 4.78 is 7.70. The van der Waals surface area contributed by atoms with Crippen LogP contribution in [0.1, 0.15) is 41.4 Å². The molecule has 2 atom stereocenters. The maximum atomic E-state index is 13.5. The van der Waals surface area contributed by atoms with Gasteiger partial charge in [0.15, 0.2) is 5.82 Å². The zero-order valence-corrected chi connectivity index (χ0v) is 22.5. The number of rotatable bonds is 6. The molecular formula is C28H32ClN7O2. The van der Waals surface area contributed by atoms with Crippen molar-refractivity contribution in [3.8, 4) is 0 Å². The predicted molar refractivity (Wildman–Crippen MR) is 148 cm³/mol. The van der Waals surface area contributed by atoms with E-state index in [1.54, 1.807) is 0 Å². The van der Waals surface area contributed by atoms with Gasteiger partial charge in [0.1, 0.15) is 6.04 Å². The van der Waals surface area contributed by atoms with Crippen LogP contribution in [0.4, 0.5) is 5.69 Å². The highest BCUT2D eigenvalue weighted by Crippen LogP contribution is 2.31. The van der Waals surface area contributed by atoms with Crippen LogP contribution in [0.5, 0.6) is 0 Å². The summed E-state index contributed by atoms with van der Waals surface area (Å²) in [6, 6.07) is 13.7. The van der Waals surface area contributed by atoms with Crippen molar-refractivity contribution in [3.63, 3.8) is 0 Å². The molecule has 4 heterocycles. The first-order valence-corrected chi connectivity index (χ1v) is 13.6. The predicted octanol–water partition coefficient (Wildman–Crippen LogP) is 3.88. The number of tetrazole rings is 1. The second kappa shape index (κ2) is 10.5. The van der Waals surface area contributed by atoms with E-state index in [0.717, 1.165) is 72.8 Å². The van der Waals surface area contributed by atoms with Gasteiger partial charge in [-0.1, -0.05) is 29.3 Å². The summed E-state index contributed by atoms with van der Waals surface area (Å²) in [4.78, 5) is 21.3. The van der Waals surface area contributed by atoms with Gasteiger partial charge in [-0.3, -0.25) is 9.69 Å². The number of halogens is 1. The fraction of sp³-hybridized carbons (Fsp3) is 0.429. The summed E-state index contributed by atoms with van der Waals surface area (Å²) in [5.41, 5.74) is 4.84. The molecule has 0 bridgehead atoms. The van der Waals surface area contributed by atoms with E-state index < -0.39 is 0 Å². The molecule has 0 amide bonds. The quantitative estimate of drug-likeness (QED) is 0.402. The Hall–Kier alpha value is -3.27. The van der Waals surface area contributed by atoms with Crippen molar-refractivity contribution in [1.82, 2.24) is 30.1 Å². The number of anilines is 1. The van der Waals surface area contributed by atoms with Gasteiger partial charge in [0.2, 0.25) is 0 Å². The Bertz CT molecular complexity index is 1500. The first-order valence-electron chi connectivity index (χ1n) is 13.2. The van der Waals surface area contributed by atoms with Crippen molar-refractivity contribution in [1.29, 1.82) is 0 Å². The number of piperazine rings is 1. The van der Waals surface area contributed by atoms with E-state index >= 15 is 0 Å². The van der Waals surface area contributed by atoms with Crippen LogP contribution in [-0.2, 0) is 11.3 Å². The Morgan fingerprint density at radius 3 is 2.74 bits per heavy atom. The average Bonchev–Trinajstić information content (AvgIpc) is 3.60. The molecule has 2 saturated heterocycles. The van der Waals surface area contributed by atoms with Crippen molar-refractivity contribution < 1.29 is 4.74 Å². The van der Waals surface area contributed by atoms with Crippen molar-refractivity contribution in [2.45, 2.75) is 45.4 Å². The number of H-pyrrole nitrogens is 1. The number of aryl methyl sites for hydroxylation is 2. The maximum absolute atomic E-state index is 13.5. The van der Waals surface area contributed by atoms with E-state index in [0.29, 0.717) is 17.9 Å². The normalized spacial score (nSPS) is 19.3. The first kappa shape index (κ1) is 25.0. The van der Waals surface area contributed by atoms with Gasteiger partial charge in [0, 0.05) is 54.6 Å². The van der Waals surface area contributed by atoms with Crippen molar-refractivity contribution in [3.05, 3.63) is 80.4 Å². The third-order valence-corrected chi connectivity index (χ3v) is 7.95. The molecule has 1 N–H and O–H groups in total. The van der Waals surface area contributed by atoms with Gasteiger partial charge in [-0.05, 0) is 78.4 Å². The molecular weight excluding hydrogens is 502 g/mol. The standard InChI is InChI=1S/C28H32ClN7O2/c1-18-5-8-24-20(14-18)15-23(28(37)30-24)26(27-31-32-33-36(27)17-22-4-3-13-38-22)35-11-9-34(10-12-35)25-16-21(29)7-6-19(25)2/h5-8,14-16,22,26H,3-4,9-13,17H2,1-2H3,(H,30,37)/t22-,26+/m0/s1. The van der Waals surface area contributed by atoms with Crippen LogP contribution in [0.2, 0.25) is 5.02 Å². The van der Waals surface area contributed by atoms with Gasteiger partial charge in [-0.2, -0.15) is 0 Å². The minimum Gasteiger partial charge on any atom is -0.376 e. The second-order valence-corrected chi connectivity index (χ2v) is 10.8. The van der Waals surface area contributed by atoms with Gasteiger partial charge in [0.05, 0.1) is 12.6 Å². The molecule has 2 aliphatic heterocycles. The molecule has 0 saturated carbocycles. The van der Waals surface area contributed by atoms with Gasteiger partial charge >= 0.3 is 0 Å². The van der Waals surface area contributed by atoms with Crippen LogP contribution in [0.15, 0.2) is 47.3 Å². The molecule has 0 aliphatic carbocycles. The zero-order valence-electron chi connectivity index (χ0n) is 21.7. The molecule has 0 spiro atoms. The van der Waals surface area contributed by atoms with Crippen molar-refractivity contribution >= 4 is 28.2 Å². The second-order valence-electron chi connectivity index (χ2n) is 10.4. The molecule has 4 aromatic rings. The highest BCUT2D eigenvalue weighted by Gasteiger charge is 2.33. The van der Waals surface area contributed by atoms with E-state index in [2.05, 4.69) is 56.3 Å². The number of aromatic nitrogens is 5. The first-order chi connectivity index (χ1) is 18.5. The topological polar surface area (TPSA) is 92.2 Å². The number of aromatic amines is 1. The number of pyridine rings is 1. The Labute approximate surface area is 226 Å². The molecule has 6 rings (SSSR count). The Kier molecular flexibility index (Phi) is 6.90. The lowest BCUT2D eigenvalue weighted by Gasteiger charge is -2.40. The number of fused-ring (bicyclic) bond motifs is 1. The lowest BCUT2D eigenvalue weighted by Crippen LogP contribution is -2.49. The van der Waals surface area contributed by atoms with Crippen LogP contribution in [0.25, 0.3) is 10.9 Å². The number of ether oxygens (including phenoxy) is 1. The van der Waals surface area contributed by atoms with E-state index in [9.17, 15) is 4.79 Å². The molecule has 2 fully saturated rings. The minimum atomic E-state index is -0.386. The Morgan fingerprint density at radius 1 is 1.11 bits per heavy atom. The molecule has 10 heteroatoms. The van der Waals surface area contributed by atoms with Gasteiger partial charge in [0.25, 0.3) is 5.56 Å². The molecule has 0 unspecified atom stereocenters. The smallest absolute Gasteiger partial charge is 0.253 e. The number of hydrogen-bond donors (Lipinski definition) is 1. The van der Waals surface area contributed by atoms with Crippen LogP contribution in [0.3, 0.4) is 0 Å². The Morgan fingerprint density at radius 2 is 1.95 bits per heavy atom. The molecule has 0 radical (unpaired) electrons. The number of nitrogens with one attached hydrogen (secondary N) is 1. The summed E-state index contributed by atoms with van der Waals surface area (Å²) in [5, 5.41) is 14.6. The maximum Gasteiger partial charge on any atom is 0.253 e. The lowest BCUT2D eigenvalue weighted by molar-refractivity contribution is 0.0906. The minimum absolute atomic E-state index is 0.0816. The summed E-state index contributed by atoms with van der Waals surface area (Å²) in [6.07, 6.45) is 2.11. The summed E-state index contributed by atoms with van der Waals surface area (Å²) in [7, 11) is 0. The van der Waals surface area contributed by atoms with Gasteiger partial charge in [-0.25, -0.2) is 4.68 Å². The molecule has 2 aliphatic rings. The Balaban J connectivity index is 1.37. The fourth-order valence-corrected chi connectivity index (χ4v) is 5.87. The molecule has 2 aromatic heterocycles. The fourth-order valence-electron chi connectivity index (χ4n) is 5.71. The number of benzene rings is 2. The SMILES string of the molecule is Cc1ccc2[nH]c(=O)c([C@H](c3nnnn3C[C@@H]3CCCO3)N3CCN(c4cc(Cl)ccc4C)CC3)cc2c1. The van der Waals surface area contributed by atoms with Gasteiger partial charge in [-0.15, -0.1) is 5.10 Å². The van der Waals surface area contributed by atoms with E-state index in [1.807, 2.05) is 35.0 Å². The van der Waals surface area contributed by atoms with Crippen LogP contribution < -0.4 is 10.5 Å². The largest absolute Gasteiger partial charge is 0.376 e. The summed E-state index contributed by atoms with van der Waals surface area (Å²) in [6.45, 7) is 8.59. The van der Waals surface area contributed by atoms with E-state index in [-0.39, 0.29) is 17.7 Å². The van der Waals surface area contributed by atoms with Crippen LogP contribution >= 0.6 is 11.6 Å².